The first-order valence-corrected chi connectivity index (χ1v) is 6.09. The number of carbonyl (C=O) groups is 2. The van der Waals surface area contributed by atoms with E-state index < -0.39 is 16.6 Å². The maximum absolute atomic E-state index is 12.1. The fourth-order valence-electron chi connectivity index (χ4n) is 2.26. The van der Waals surface area contributed by atoms with Gasteiger partial charge in [-0.25, -0.2) is 4.98 Å². The van der Waals surface area contributed by atoms with Gasteiger partial charge in [-0.05, 0) is 6.07 Å². The van der Waals surface area contributed by atoms with Gasteiger partial charge in [-0.15, -0.1) is 0 Å². The summed E-state index contributed by atoms with van der Waals surface area (Å²) in [6.07, 6.45) is 3.19. The van der Waals surface area contributed by atoms with Crippen molar-refractivity contribution in [3.05, 3.63) is 52.1 Å². The Hall–Kier alpha value is -3.03. The van der Waals surface area contributed by atoms with Crippen LogP contribution in [0.2, 0.25) is 0 Å². The van der Waals surface area contributed by atoms with Gasteiger partial charge in [0.25, 0.3) is 17.4 Å². The number of hydrogen-bond acceptors (Lipinski definition) is 5. The number of anilines is 1. The van der Waals surface area contributed by atoms with Crippen molar-refractivity contribution in [3.63, 3.8) is 0 Å². The van der Waals surface area contributed by atoms with Crippen LogP contribution in [0.5, 0.6) is 0 Å². The number of non-ortho nitro benzene ring substituents is 1. The Morgan fingerprint density at radius 2 is 2.10 bits per heavy atom. The number of nitrogens with zero attached hydrogens (tertiary/aromatic N) is 4. The molecule has 2 aromatic rings. The number of imidazole rings is 1. The van der Waals surface area contributed by atoms with Crippen molar-refractivity contribution >= 4 is 23.1 Å². The molecule has 8 nitrogen and oxygen atoms in total. The van der Waals surface area contributed by atoms with E-state index in [-0.39, 0.29) is 17.8 Å². The number of benzene rings is 1. The molecule has 0 spiro atoms. The molecule has 0 atom stereocenters. The highest BCUT2D eigenvalue weighted by molar-refractivity contribution is 6.52. The summed E-state index contributed by atoms with van der Waals surface area (Å²) >= 11 is 0. The number of aromatic nitrogens is 2. The predicted octanol–water partition coefficient (Wildman–Crippen LogP) is 1.06. The molecule has 1 amide bonds. The van der Waals surface area contributed by atoms with Crippen LogP contribution >= 0.6 is 0 Å². The molecule has 1 aromatic carbocycles. The quantitative estimate of drug-likeness (QED) is 0.477. The van der Waals surface area contributed by atoms with Crippen molar-refractivity contribution in [1.82, 2.24) is 9.55 Å². The van der Waals surface area contributed by atoms with Crippen molar-refractivity contribution in [2.45, 2.75) is 6.54 Å². The van der Waals surface area contributed by atoms with E-state index in [2.05, 4.69) is 4.98 Å². The Morgan fingerprint density at radius 1 is 1.33 bits per heavy atom. The minimum atomic E-state index is -0.726. The lowest BCUT2D eigenvalue weighted by molar-refractivity contribution is -0.384. The summed E-state index contributed by atoms with van der Waals surface area (Å²) in [5.41, 5.74) is 0.993. The van der Waals surface area contributed by atoms with E-state index in [1.165, 1.54) is 17.0 Å². The lowest BCUT2D eigenvalue weighted by Gasteiger charge is -2.16. The zero-order valence-electron chi connectivity index (χ0n) is 11.0. The Labute approximate surface area is 118 Å². The van der Waals surface area contributed by atoms with E-state index in [0.29, 0.717) is 5.69 Å². The normalized spacial score (nSPS) is 13.7. The minimum Gasteiger partial charge on any atom is -0.336 e. The third kappa shape index (κ3) is 1.97. The van der Waals surface area contributed by atoms with E-state index in [9.17, 15) is 19.7 Å². The van der Waals surface area contributed by atoms with Gasteiger partial charge in [0.1, 0.15) is 0 Å². The Morgan fingerprint density at radius 3 is 2.71 bits per heavy atom. The maximum atomic E-state index is 12.1. The fraction of sp³-hybridized carbons (Fsp3) is 0.154. The topological polar surface area (TPSA) is 98.3 Å². The first kappa shape index (κ1) is 13.0. The van der Waals surface area contributed by atoms with Crippen LogP contribution in [0.3, 0.4) is 0 Å². The number of amides is 1. The number of aryl methyl sites for hydroxylation is 1. The van der Waals surface area contributed by atoms with Crippen LogP contribution in [0, 0.1) is 10.1 Å². The Balaban J connectivity index is 2.02. The van der Waals surface area contributed by atoms with Crippen molar-refractivity contribution < 1.29 is 14.5 Å². The molecule has 0 unspecified atom stereocenters. The molecule has 1 aromatic heterocycles. The van der Waals surface area contributed by atoms with Crippen molar-refractivity contribution in [2.75, 3.05) is 4.90 Å². The molecule has 2 heterocycles. The zero-order chi connectivity index (χ0) is 15.1. The van der Waals surface area contributed by atoms with Crippen LogP contribution in [0.15, 0.2) is 30.7 Å². The number of carbonyl (C=O) groups excluding carboxylic acids is 2. The number of nitro groups is 1. The van der Waals surface area contributed by atoms with Gasteiger partial charge >= 0.3 is 0 Å². The van der Waals surface area contributed by atoms with Crippen molar-refractivity contribution in [1.29, 1.82) is 0 Å². The first-order chi connectivity index (χ1) is 9.99. The third-order valence-electron chi connectivity index (χ3n) is 3.40. The highest BCUT2D eigenvalue weighted by Gasteiger charge is 2.37. The van der Waals surface area contributed by atoms with Gasteiger partial charge in [-0.1, -0.05) is 0 Å². The van der Waals surface area contributed by atoms with Gasteiger partial charge in [-0.3, -0.25) is 24.6 Å². The molecular formula is C13H10N4O4. The van der Waals surface area contributed by atoms with Crippen LogP contribution in [-0.4, -0.2) is 26.2 Å². The second kappa shape index (κ2) is 4.51. The van der Waals surface area contributed by atoms with E-state index in [1.807, 2.05) is 0 Å². The van der Waals surface area contributed by atoms with Gasteiger partial charge in [-0.2, -0.15) is 0 Å². The van der Waals surface area contributed by atoms with E-state index in [4.69, 9.17) is 0 Å². The number of fused-ring (bicyclic) bond motifs is 1. The summed E-state index contributed by atoms with van der Waals surface area (Å²) in [5, 5.41) is 10.8. The summed E-state index contributed by atoms with van der Waals surface area (Å²) in [6.45, 7) is 0.186. The van der Waals surface area contributed by atoms with Crippen LogP contribution in [0.25, 0.3) is 0 Å². The number of Topliss-reactive ketones (excluding diaryl/α,β-unsaturated/α-hetero) is 1. The highest BCUT2D eigenvalue weighted by atomic mass is 16.6. The van der Waals surface area contributed by atoms with E-state index >= 15 is 0 Å². The molecule has 0 saturated heterocycles. The Kier molecular flexibility index (Phi) is 2.79. The largest absolute Gasteiger partial charge is 0.336 e. The lowest BCUT2D eigenvalue weighted by Crippen LogP contribution is -2.29. The van der Waals surface area contributed by atoms with Gasteiger partial charge in [0, 0.05) is 25.4 Å². The first-order valence-electron chi connectivity index (χ1n) is 6.09. The van der Waals surface area contributed by atoms with E-state index in [1.54, 1.807) is 24.1 Å². The molecule has 3 rings (SSSR count). The smallest absolute Gasteiger partial charge is 0.299 e. The van der Waals surface area contributed by atoms with Crippen LogP contribution in [-0.2, 0) is 18.4 Å². The SMILES string of the molecule is Cn1cncc1CN1C(=O)C(=O)c2cc([N+](=O)[O-])ccc21. The lowest BCUT2D eigenvalue weighted by atomic mass is 10.1. The van der Waals surface area contributed by atoms with Gasteiger partial charge in [0.05, 0.1) is 34.7 Å². The molecule has 0 aliphatic carbocycles. The molecule has 1 aliphatic rings. The second-order valence-corrected chi connectivity index (χ2v) is 4.67. The third-order valence-corrected chi connectivity index (χ3v) is 3.40. The number of ketones is 1. The van der Waals surface area contributed by atoms with Gasteiger partial charge in [0.2, 0.25) is 0 Å². The minimum absolute atomic E-state index is 0.0661. The van der Waals surface area contributed by atoms with Gasteiger partial charge < -0.3 is 4.57 Å². The van der Waals surface area contributed by atoms with Crippen LogP contribution in [0.1, 0.15) is 16.1 Å². The zero-order valence-corrected chi connectivity index (χ0v) is 11.0. The van der Waals surface area contributed by atoms with Crippen LogP contribution < -0.4 is 4.90 Å². The fourth-order valence-corrected chi connectivity index (χ4v) is 2.26. The molecule has 0 bridgehead atoms. The number of rotatable bonds is 3. The second-order valence-electron chi connectivity index (χ2n) is 4.67. The average Bonchev–Trinajstić information content (AvgIpc) is 2.96. The summed E-state index contributed by atoms with van der Waals surface area (Å²) in [4.78, 5) is 39.4. The average molecular weight is 286 g/mol. The number of nitro benzene ring substituents is 1. The summed E-state index contributed by atoms with van der Waals surface area (Å²) < 4.78 is 1.74. The molecule has 1 aliphatic heterocycles. The molecule has 0 N–H and O–H groups in total. The molecule has 21 heavy (non-hydrogen) atoms. The van der Waals surface area contributed by atoms with Crippen molar-refractivity contribution in [3.8, 4) is 0 Å². The molecule has 0 fully saturated rings. The van der Waals surface area contributed by atoms with E-state index in [0.717, 1.165) is 11.8 Å². The van der Waals surface area contributed by atoms with Crippen LogP contribution in [0.4, 0.5) is 11.4 Å². The molecule has 0 radical (unpaired) electrons. The summed E-state index contributed by atoms with van der Waals surface area (Å²) in [5.74, 6) is -1.41. The molecular weight excluding hydrogens is 276 g/mol. The Bertz CT molecular complexity index is 780. The summed E-state index contributed by atoms with van der Waals surface area (Å²) in [6, 6.07) is 3.84. The monoisotopic (exact) mass is 286 g/mol. The van der Waals surface area contributed by atoms with Gasteiger partial charge in [0.15, 0.2) is 0 Å². The summed E-state index contributed by atoms with van der Waals surface area (Å²) in [7, 11) is 1.78. The predicted molar refractivity (Wildman–Crippen MR) is 71.8 cm³/mol. The standard InChI is InChI=1S/C13H10N4O4/c1-15-7-14-5-9(15)6-16-11-3-2-8(17(20)21)4-10(11)12(18)13(16)19/h2-5,7H,6H2,1H3. The number of hydrogen-bond donors (Lipinski definition) is 0. The molecule has 8 heteroatoms. The highest BCUT2D eigenvalue weighted by Crippen LogP contribution is 2.32. The molecule has 106 valence electrons. The molecule has 0 saturated carbocycles. The maximum Gasteiger partial charge on any atom is 0.299 e. The van der Waals surface area contributed by atoms with Crippen molar-refractivity contribution in [2.24, 2.45) is 7.05 Å².